The Morgan fingerprint density at radius 1 is 1.17 bits per heavy atom. The average Bonchev–Trinajstić information content (AvgIpc) is 2.29. The molecule has 0 aliphatic heterocycles. The zero-order valence-corrected chi connectivity index (χ0v) is 11.7. The zero-order valence-electron chi connectivity index (χ0n) is 11.7. The third-order valence-corrected chi connectivity index (χ3v) is 4.14. The van der Waals surface area contributed by atoms with Crippen LogP contribution in [0.15, 0.2) is 0 Å². The summed E-state index contributed by atoms with van der Waals surface area (Å²) >= 11 is 0. The van der Waals surface area contributed by atoms with Crippen LogP contribution in [0.4, 0.5) is 0 Å². The Kier molecular flexibility index (Phi) is 5.17. The average molecular weight is 255 g/mol. The molecule has 0 aromatic rings. The van der Waals surface area contributed by atoms with Crippen molar-refractivity contribution in [3.8, 4) is 0 Å². The van der Waals surface area contributed by atoms with Crippen molar-refractivity contribution in [3.05, 3.63) is 0 Å². The van der Waals surface area contributed by atoms with Crippen LogP contribution < -0.4 is 5.32 Å². The van der Waals surface area contributed by atoms with E-state index in [1.807, 2.05) is 6.92 Å². The molecule has 4 heteroatoms. The van der Waals surface area contributed by atoms with Crippen LogP contribution in [-0.2, 0) is 9.59 Å². The summed E-state index contributed by atoms with van der Waals surface area (Å²) in [7, 11) is 0. The van der Waals surface area contributed by atoms with Gasteiger partial charge in [0.15, 0.2) is 0 Å². The molecule has 18 heavy (non-hydrogen) atoms. The van der Waals surface area contributed by atoms with Crippen LogP contribution in [0, 0.1) is 11.8 Å². The molecule has 0 heterocycles. The molecule has 1 aliphatic rings. The fourth-order valence-electron chi connectivity index (χ4n) is 2.39. The second-order valence-electron chi connectivity index (χ2n) is 5.92. The van der Waals surface area contributed by atoms with Gasteiger partial charge in [-0.3, -0.25) is 4.79 Å². The highest BCUT2D eigenvalue weighted by Gasteiger charge is 2.40. The second-order valence-corrected chi connectivity index (χ2v) is 5.92. The van der Waals surface area contributed by atoms with Crippen LogP contribution in [0.25, 0.3) is 0 Å². The van der Waals surface area contributed by atoms with E-state index in [-0.39, 0.29) is 11.8 Å². The molecule has 1 unspecified atom stereocenters. The number of carbonyl (C=O) groups is 2. The molecule has 1 atom stereocenters. The molecule has 0 saturated heterocycles. The normalized spacial score (nSPS) is 20.4. The molecule has 2 N–H and O–H groups in total. The van der Waals surface area contributed by atoms with Crippen molar-refractivity contribution in [2.45, 2.75) is 64.8 Å². The Morgan fingerprint density at radius 3 is 2.17 bits per heavy atom. The zero-order chi connectivity index (χ0) is 13.8. The maximum absolute atomic E-state index is 12.0. The lowest BCUT2D eigenvalue weighted by Crippen LogP contribution is -2.55. The smallest absolute Gasteiger partial charge is 0.329 e. The number of hydrogen-bond acceptors (Lipinski definition) is 2. The van der Waals surface area contributed by atoms with Gasteiger partial charge in [-0.25, -0.2) is 4.79 Å². The van der Waals surface area contributed by atoms with Crippen LogP contribution >= 0.6 is 0 Å². The van der Waals surface area contributed by atoms with Gasteiger partial charge in [0.2, 0.25) is 5.91 Å². The summed E-state index contributed by atoms with van der Waals surface area (Å²) in [6.07, 6.45) is 4.35. The Bertz CT molecular complexity index is 306. The largest absolute Gasteiger partial charge is 0.480 e. The van der Waals surface area contributed by atoms with Gasteiger partial charge in [0.1, 0.15) is 5.54 Å². The lowest BCUT2D eigenvalue weighted by molar-refractivity contribution is -0.149. The number of nitrogens with one attached hydrogen (secondary N) is 1. The highest BCUT2D eigenvalue weighted by Crippen LogP contribution is 2.29. The van der Waals surface area contributed by atoms with Crippen LogP contribution in [0.5, 0.6) is 0 Å². The molecule has 0 aromatic carbocycles. The number of hydrogen-bond donors (Lipinski definition) is 2. The SMILES string of the molecule is CC(C)C(C)CC(=O)NC1(C(=O)O)CCCCC1. The standard InChI is InChI=1S/C14H25NO3/c1-10(2)11(3)9-12(16)15-14(13(17)18)7-5-4-6-8-14/h10-11H,4-9H2,1-3H3,(H,15,16)(H,17,18). The first-order chi connectivity index (χ1) is 8.37. The number of carbonyl (C=O) groups excluding carboxylic acids is 1. The van der Waals surface area contributed by atoms with Gasteiger partial charge in [0.25, 0.3) is 0 Å². The minimum absolute atomic E-state index is 0.125. The first-order valence-electron chi connectivity index (χ1n) is 6.92. The van der Waals surface area contributed by atoms with E-state index in [1.54, 1.807) is 0 Å². The summed E-state index contributed by atoms with van der Waals surface area (Å²) in [5.41, 5.74) is -1.01. The highest BCUT2D eigenvalue weighted by atomic mass is 16.4. The lowest BCUT2D eigenvalue weighted by Gasteiger charge is -2.34. The maximum Gasteiger partial charge on any atom is 0.329 e. The Hall–Kier alpha value is -1.06. The third-order valence-electron chi connectivity index (χ3n) is 4.14. The molecule has 104 valence electrons. The minimum Gasteiger partial charge on any atom is -0.480 e. The van der Waals surface area contributed by atoms with E-state index in [1.165, 1.54) is 0 Å². The van der Waals surface area contributed by atoms with E-state index in [0.29, 0.717) is 25.2 Å². The molecule has 0 aromatic heterocycles. The van der Waals surface area contributed by atoms with Crippen molar-refractivity contribution in [1.29, 1.82) is 0 Å². The number of amides is 1. The first kappa shape index (κ1) is 15.0. The molecule has 0 radical (unpaired) electrons. The summed E-state index contributed by atoms with van der Waals surface area (Å²) in [6, 6.07) is 0. The Balaban J connectivity index is 2.61. The van der Waals surface area contributed by atoms with Crippen molar-refractivity contribution in [2.24, 2.45) is 11.8 Å². The molecular weight excluding hydrogens is 230 g/mol. The second kappa shape index (κ2) is 6.21. The fraction of sp³-hybridized carbons (Fsp3) is 0.857. The Morgan fingerprint density at radius 2 is 1.72 bits per heavy atom. The van der Waals surface area contributed by atoms with Crippen LogP contribution in [-0.4, -0.2) is 22.5 Å². The number of carboxylic acid groups (broad SMARTS) is 1. The Labute approximate surface area is 109 Å². The van der Waals surface area contributed by atoms with Gasteiger partial charge in [-0.2, -0.15) is 0 Å². The summed E-state index contributed by atoms with van der Waals surface area (Å²) < 4.78 is 0. The van der Waals surface area contributed by atoms with E-state index in [0.717, 1.165) is 19.3 Å². The van der Waals surface area contributed by atoms with Crippen molar-refractivity contribution in [3.63, 3.8) is 0 Å². The molecule has 4 nitrogen and oxygen atoms in total. The number of aliphatic carboxylic acids is 1. The highest BCUT2D eigenvalue weighted by molar-refractivity contribution is 5.87. The van der Waals surface area contributed by atoms with E-state index in [2.05, 4.69) is 19.2 Å². The van der Waals surface area contributed by atoms with Crippen LogP contribution in [0.2, 0.25) is 0 Å². The molecule has 1 amide bonds. The number of rotatable bonds is 5. The van der Waals surface area contributed by atoms with Crippen LogP contribution in [0.1, 0.15) is 59.3 Å². The van der Waals surface area contributed by atoms with Crippen LogP contribution in [0.3, 0.4) is 0 Å². The van der Waals surface area contributed by atoms with Crippen molar-refractivity contribution >= 4 is 11.9 Å². The molecule has 0 spiro atoms. The monoisotopic (exact) mass is 255 g/mol. The summed E-state index contributed by atoms with van der Waals surface area (Å²) in [6.45, 7) is 6.18. The topological polar surface area (TPSA) is 66.4 Å². The summed E-state index contributed by atoms with van der Waals surface area (Å²) in [5.74, 6) is -0.296. The van der Waals surface area contributed by atoms with Gasteiger partial charge in [-0.15, -0.1) is 0 Å². The minimum atomic E-state index is -1.01. The van der Waals surface area contributed by atoms with E-state index in [4.69, 9.17) is 0 Å². The predicted octanol–water partition coefficient (Wildman–Crippen LogP) is 2.57. The van der Waals surface area contributed by atoms with Crippen molar-refractivity contribution in [1.82, 2.24) is 5.32 Å². The maximum atomic E-state index is 12.0. The lowest BCUT2D eigenvalue weighted by atomic mass is 9.81. The summed E-state index contributed by atoms with van der Waals surface area (Å²) in [4.78, 5) is 23.4. The molecule has 1 saturated carbocycles. The first-order valence-corrected chi connectivity index (χ1v) is 6.92. The molecule has 1 rings (SSSR count). The number of carboxylic acids is 1. The predicted molar refractivity (Wildman–Crippen MR) is 70.2 cm³/mol. The molecule has 1 fully saturated rings. The summed E-state index contributed by atoms with van der Waals surface area (Å²) in [5, 5.41) is 12.1. The third kappa shape index (κ3) is 3.72. The quantitative estimate of drug-likeness (QED) is 0.793. The van der Waals surface area contributed by atoms with E-state index in [9.17, 15) is 14.7 Å². The fourth-order valence-corrected chi connectivity index (χ4v) is 2.39. The van der Waals surface area contributed by atoms with E-state index >= 15 is 0 Å². The van der Waals surface area contributed by atoms with Gasteiger partial charge < -0.3 is 10.4 Å². The molecular formula is C14H25NO3. The molecule has 1 aliphatic carbocycles. The van der Waals surface area contributed by atoms with Crippen molar-refractivity contribution < 1.29 is 14.7 Å². The molecule has 0 bridgehead atoms. The van der Waals surface area contributed by atoms with Gasteiger partial charge in [0, 0.05) is 6.42 Å². The van der Waals surface area contributed by atoms with Gasteiger partial charge in [-0.05, 0) is 24.7 Å². The van der Waals surface area contributed by atoms with Crippen molar-refractivity contribution in [2.75, 3.05) is 0 Å². The van der Waals surface area contributed by atoms with E-state index < -0.39 is 11.5 Å². The van der Waals surface area contributed by atoms with Gasteiger partial charge in [-0.1, -0.05) is 40.0 Å². The van der Waals surface area contributed by atoms with Gasteiger partial charge in [0.05, 0.1) is 0 Å². The van der Waals surface area contributed by atoms with Gasteiger partial charge >= 0.3 is 5.97 Å².